The molecule has 0 aromatic carbocycles. The number of nitrogens with zero attached hydrogens (tertiary/aromatic N) is 2. The summed E-state index contributed by atoms with van der Waals surface area (Å²) in [4.78, 5) is 13.9. The second kappa shape index (κ2) is 5.65. The Morgan fingerprint density at radius 1 is 1.50 bits per heavy atom. The van der Waals surface area contributed by atoms with E-state index < -0.39 is 0 Å². The number of aromatic nitrogens is 1. The van der Waals surface area contributed by atoms with Crippen molar-refractivity contribution in [3.8, 4) is 0 Å². The third-order valence-electron chi connectivity index (χ3n) is 3.88. The van der Waals surface area contributed by atoms with Gasteiger partial charge in [0.05, 0.1) is 11.8 Å². The molecule has 0 bridgehead atoms. The lowest BCUT2D eigenvalue weighted by molar-refractivity contribution is 0.101. The third kappa shape index (κ3) is 2.99. The van der Waals surface area contributed by atoms with E-state index in [9.17, 15) is 4.79 Å². The fourth-order valence-electron chi connectivity index (χ4n) is 2.63. The quantitative estimate of drug-likeness (QED) is 0.770. The highest BCUT2D eigenvalue weighted by atomic mass is 16.5. The molecule has 1 aromatic rings. The van der Waals surface area contributed by atoms with E-state index in [4.69, 9.17) is 4.52 Å². The minimum atomic E-state index is 0.0471. The van der Waals surface area contributed by atoms with Crippen molar-refractivity contribution in [1.82, 2.24) is 10.1 Å². The van der Waals surface area contributed by atoms with Gasteiger partial charge in [0, 0.05) is 12.5 Å². The van der Waals surface area contributed by atoms with Crippen molar-refractivity contribution in [2.24, 2.45) is 5.92 Å². The van der Waals surface area contributed by atoms with E-state index in [0.29, 0.717) is 17.5 Å². The Morgan fingerprint density at radius 3 is 2.72 bits per heavy atom. The maximum Gasteiger partial charge on any atom is 0.164 e. The van der Waals surface area contributed by atoms with E-state index in [0.717, 1.165) is 25.3 Å². The smallest absolute Gasteiger partial charge is 0.164 e. The third-order valence-corrected chi connectivity index (χ3v) is 3.88. The second-order valence-corrected chi connectivity index (χ2v) is 5.50. The normalized spacial score (nSPS) is 18.4. The maximum atomic E-state index is 11.4. The Bertz CT molecular complexity index is 404. The predicted molar refractivity (Wildman–Crippen MR) is 69.6 cm³/mol. The van der Waals surface area contributed by atoms with Crippen molar-refractivity contribution in [1.29, 1.82) is 0 Å². The highest BCUT2D eigenvalue weighted by Crippen LogP contribution is 2.24. The molecule has 0 atom stereocenters. The van der Waals surface area contributed by atoms with Gasteiger partial charge in [-0.2, -0.15) is 0 Å². The SMILES string of the molecule is CC(=O)c1cnoc1CC1CCN(C(C)C)CC1. The summed E-state index contributed by atoms with van der Waals surface area (Å²) in [5, 5.41) is 3.75. The summed E-state index contributed by atoms with van der Waals surface area (Å²) in [7, 11) is 0. The fraction of sp³-hybridized carbons (Fsp3) is 0.714. The number of rotatable bonds is 4. The van der Waals surface area contributed by atoms with E-state index in [-0.39, 0.29) is 5.78 Å². The van der Waals surface area contributed by atoms with Gasteiger partial charge in [0.25, 0.3) is 0 Å². The molecule has 0 aliphatic carbocycles. The molecule has 0 saturated carbocycles. The van der Waals surface area contributed by atoms with Crippen molar-refractivity contribution >= 4 is 5.78 Å². The zero-order valence-electron chi connectivity index (χ0n) is 11.5. The Hall–Kier alpha value is -1.16. The van der Waals surface area contributed by atoms with Gasteiger partial charge < -0.3 is 9.42 Å². The molecule has 1 aromatic heterocycles. The topological polar surface area (TPSA) is 46.3 Å². The molecule has 18 heavy (non-hydrogen) atoms. The van der Waals surface area contributed by atoms with Crippen LogP contribution in [0.2, 0.25) is 0 Å². The summed E-state index contributed by atoms with van der Waals surface area (Å²) >= 11 is 0. The molecule has 1 aliphatic rings. The molecule has 0 amide bonds. The summed E-state index contributed by atoms with van der Waals surface area (Å²) in [5.41, 5.74) is 0.654. The molecule has 0 spiro atoms. The highest BCUT2D eigenvalue weighted by molar-refractivity contribution is 5.94. The fourth-order valence-corrected chi connectivity index (χ4v) is 2.63. The molecule has 1 fully saturated rings. The first-order valence-corrected chi connectivity index (χ1v) is 6.76. The van der Waals surface area contributed by atoms with Gasteiger partial charge in [-0.25, -0.2) is 0 Å². The van der Waals surface area contributed by atoms with Crippen LogP contribution >= 0.6 is 0 Å². The van der Waals surface area contributed by atoms with Gasteiger partial charge in [-0.3, -0.25) is 4.79 Å². The molecule has 4 nitrogen and oxygen atoms in total. The number of Topliss-reactive ketones (excluding diaryl/α,β-unsaturated/α-hetero) is 1. The van der Waals surface area contributed by atoms with Gasteiger partial charge in [-0.15, -0.1) is 0 Å². The Balaban J connectivity index is 1.91. The van der Waals surface area contributed by atoms with Crippen LogP contribution in [0.1, 0.15) is 49.7 Å². The minimum absolute atomic E-state index is 0.0471. The number of carbonyl (C=O) groups excluding carboxylic acids is 1. The first-order valence-electron chi connectivity index (χ1n) is 6.76. The molecule has 0 radical (unpaired) electrons. The first-order chi connectivity index (χ1) is 8.58. The molecule has 1 aliphatic heterocycles. The van der Waals surface area contributed by atoms with E-state index in [1.807, 2.05) is 0 Å². The van der Waals surface area contributed by atoms with Crippen molar-refractivity contribution in [2.45, 2.75) is 46.1 Å². The van der Waals surface area contributed by atoms with Crippen LogP contribution in [0.5, 0.6) is 0 Å². The summed E-state index contributed by atoms with van der Waals surface area (Å²) < 4.78 is 5.22. The molecule has 4 heteroatoms. The van der Waals surface area contributed by atoms with Crippen molar-refractivity contribution < 1.29 is 9.32 Å². The van der Waals surface area contributed by atoms with Gasteiger partial charge in [0.15, 0.2) is 5.78 Å². The minimum Gasteiger partial charge on any atom is -0.361 e. The number of ketones is 1. The van der Waals surface area contributed by atoms with Crippen molar-refractivity contribution in [3.05, 3.63) is 17.5 Å². The molecule has 2 heterocycles. The number of carbonyl (C=O) groups is 1. The Kier molecular flexibility index (Phi) is 4.17. The average molecular weight is 250 g/mol. The lowest BCUT2D eigenvalue weighted by Crippen LogP contribution is -2.38. The first kappa shape index (κ1) is 13.3. The largest absolute Gasteiger partial charge is 0.361 e. The summed E-state index contributed by atoms with van der Waals surface area (Å²) in [6.45, 7) is 8.34. The Morgan fingerprint density at radius 2 is 2.17 bits per heavy atom. The van der Waals surface area contributed by atoms with Crippen molar-refractivity contribution in [2.75, 3.05) is 13.1 Å². The number of hydrogen-bond donors (Lipinski definition) is 0. The Labute approximate surface area is 108 Å². The van der Waals surface area contributed by atoms with Crippen LogP contribution in [0.25, 0.3) is 0 Å². The molecule has 1 saturated heterocycles. The molecular formula is C14H22N2O2. The molecule has 100 valence electrons. The van der Waals surface area contributed by atoms with Crippen LogP contribution in [0.4, 0.5) is 0 Å². The number of likely N-dealkylation sites (tertiary alicyclic amines) is 1. The predicted octanol–water partition coefficient (Wildman–Crippen LogP) is 2.54. The second-order valence-electron chi connectivity index (χ2n) is 5.50. The standard InChI is InChI=1S/C14H22N2O2/c1-10(2)16-6-4-12(5-7-16)8-14-13(11(3)17)9-15-18-14/h9-10,12H,4-8H2,1-3H3. The lowest BCUT2D eigenvalue weighted by Gasteiger charge is -2.34. The molecule has 0 unspecified atom stereocenters. The summed E-state index contributed by atoms with van der Waals surface area (Å²) in [6, 6.07) is 0.629. The van der Waals surface area contributed by atoms with Crippen LogP contribution < -0.4 is 0 Å². The maximum absolute atomic E-state index is 11.4. The van der Waals surface area contributed by atoms with Crippen LogP contribution in [-0.4, -0.2) is 35.0 Å². The van der Waals surface area contributed by atoms with Crippen LogP contribution in [0, 0.1) is 5.92 Å². The van der Waals surface area contributed by atoms with Gasteiger partial charge in [-0.05, 0) is 52.6 Å². The lowest BCUT2D eigenvalue weighted by atomic mass is 9.90. The number of piperidine rings is 1. The van der Waals surface area contributed by atoms with Crippen LogP contribution in [0.3, 0.4) is 0 Å². The van der Waals surface area contributed by atoms with E-state index in [1.165, 1.54) is 12.8 Å². The van der Waals surface area contributed by atoms with Crippen LogP contribution in [0.15, 0.2) is 10.7 Å². The molecular weight excluding hydrogens is 228 g/mol. The summed E-state index contributed by atoms with van der Waals surface area (Å²) in [6.07, 6.45) is 4.74. The van der Waals surface area contributed by atoms with E-state index >= 15 is 0 Å². The average Bonchev–Trinajstić information content (AvgIpc) is 2.78. The number of hydrogen-bond acceptors (Lipinski definition) is 4. The van der Waals surface area contributed by atoms with Gasteiger partial charge in [0.1, 0.15) is 5.76 Å². The zero-order valence-corrected chi connectivity index (χ0v) is 11.5. The van der Waals surface area contributed by atoms with Gasteiger partial charge in [-0.1, -0.05) is 5.16 Å². The van der Waals surface area contributed by atoms with E-state index in [2.05, 4.69) is 23.9 Å². The monoisotopic (exact) mass is 250 g/mol. The van der Waals surface area contributed by atoms with Crippen LogP contribution in [-0.2, 0) is 6.42 Å². The molecule has 2 rings (SSSR count). The van der Waals surface area contributed by atoms with E-state index in [1.54, 1.807) is 13.1 Å². The molecule has 0 N–H and O–H groups in total. The van der Waals surface area contributed by atoms with Gasteiger partial charge in [0.2, 0.25) is 0 Å². The highest BCUT2D eigenvalue weighted by Gasteiger charge is 2.23. The van der Waals surface area contributed by atoms with Crippen molar-refractivity contribution in [3.63, 3.8) is 0 Å². The zero-order chi connectivity index (χ0) is 13.1. The summed E-state index contributed by atoms with van der Waals surface area (Å²) in [5.74, 6) is 1.43. The van der Waals surface area contributed by atoms with Gasteiger partial charge >= 0.3 is 0 Å².